The summed E-state index contributed by atoms with van der Waals surface area (Å²) in [7, 11) is 0. The average Bonchev–Trinajstić information content (AvgIpc) is 2.05. The Morgan fingerprint density at radius 1 is 1.15 bits per heavy atom. The molecular formula is C11H22O2. The minimum atomic E-state index is -0.349. The molecule has 13 heavy (non-hydrogen) atoms. The molecule has 0 saturated heterocycles. The molecular weight excluding hydrogens is 164 g/mol. The molecule has 0 heterocycles. The van der Waals surface area contributed by atoms with E-state index in [0.29, 0.717) is 0 Å². The lowest BCUT2D eigenvalue weighted by Crippen LogP contribution is -2.14. The van der Waals surface area contributed by atoms with Gasteiger partial charge in [0.15, 0.2) is 0 Å². The summed E-state index contributed by atoms with van der Waals surface area (Å²) in [5.41, 5.74) is 0. The SMILES string of the molecule is CCCC(O)/C=C/C(CC)C(C)O. The van der Waals surface area contributed by atoms with Crippen LogP contribution >= 0.6 is 0 Å². The molecule has 0 bridgehead atoms. The van der Waals surface area contributed by atoms with Crippen LogP contribution in [0.15, 0.2) is 12.2 Å². The molecule has 78 valence electrons. The summed E-state index contributed by atoms with van der Waals surface area (Å²) in [5, 5.41) is 18.7. The van der Waals surface area contributed by atoms with Crippen molar-refractivity contribution in [2.24, 2.45) is 5.92 Å². The van der Waals surface area contributed by atoms with Crippen molar-refractivity contribution in [3.05, 3.63) is 12.2 Å². The summed E-state index contributed by atoms with van der Waals surface area (Å²) in [6.45, 7) is 5.86. The lowest BCUT2D eigenvalue weighted by Gasteiger charge is -2.13. The van der Waals surface area contributed by atoms with Crippen LogP contribution < -0.4 is 0 Å². The van der Waals surface area contributed by atoms with Crippen LogP contribution in [0.4, 0.5) is 0 Å². The van der Waals surface area contributed by atoms with E-state index in [1.807, 2.05) is 19.9 Å². The molecule has 3 atom stereocenters. The second-order valence-corrected chi connectivity index (χ2v) is 3.55. The van der Waals surface area contributed by atoms with Gasteiger partial charge in [-0.2, -0.15) is 0 Å². The van der Waals surface area contributed by atoms with Crippen LogP contribution in [0.2, 0.25) is 0 Å². The van der Waals surface area contributed by atoms with E-state index >= 15 is 0 Å². The molecule has 0 fully saturated rings. The van der Waals surface area contributed by atoms with Crippen molar-refractivity contribution in [1.29, 1.82) is 0 Å². The molecule has 2 nitrogen and oxygen atoms in total. The molecule has 0 radical (unpaired) electrons. The van der Waals surface area contributed by atoms with Crippen molar-refractivity contribution < 1.29 is 10.2 Å². The maximum atomic E-state index is 9.41. The molecule has 3 unspecified atom stereocenters. The lowest BCUT2D eigenvalue weighted by molar-refractivity contribution is 0.145. The van der Waals surface area contributed by atoms with Gasteiger partial charge in [0.25, 0.3) is 0 Å². The molecule has 0 aliphatic rings. The van der Waals surface area contributed by atoms with E-state index in [0.717, 1.165) is 19.3 Å². The molecule has 0 aromatic carbocycles. The van der Waals surface area contributed by atoms with Gasteiger partial charge in [0.05, 0.1) is 12.2 Å². The van der Waals surface area contributed by atoms with E-state index < -0.39 is 0 Å². The predicted octanol–water partition coefficient (Wildman–Crippen LogP) is 2.11. The monoisotopic (exact) mass is 186 g/mol. The third-order valence-electron chi connectivity index (χ3n) is 2.26. The van der Waals surface area contributed by atoms with Crippen molar-refractivity contribution >= 4 is 0 Å². The number of hydrogen-bond acceptors (Lipinski definition) is 2. The highest BCUT2D eigenvalue weighted by Crippen LogP contribution is 2.11. The van der Waals surface area contributed by atoms with Crippen LogP contribution in [0.5, 0.6) is 0 Å². The third-order valence-corrected chi connectivity index (χ3v) is 2.26. The van der Waals surface area contributed by atoms with E-state index in [-0.39, 0.29) is 18.1 Å². The Labute approximate surface area is 81.3 Å². The minimum Gasteiger partial charge on any atom is -0.393 e. The topological polar surface area (TPSA) is 40.5 Å². The lowest BCUT2D eigenvalue weighted by atomic mass is 9.99. The summed E-state index contributed by atoms with van der Waals surface area (Å²) in [6.07, 6.45) is 5.74. The minimum absolute atomic E-state index is 0.173. The molecule has 0 aliphatic carbocycles. The van der Waals surface area contributed by atoms with Crippen molar-refractivity contribution in [1.82, 2.24) is 0 Å². The van der Waals surface area contributed by atoms with Gasteiger partial charge in [-0.1, -0.05) is 32.4 Å². The summed E-state index contributed by atoms with van der Waals surface area (Å²) in [6, 6.07) is 0. The van der Waals surface area contributed by atoms with Crippen LogP contribution in [0.1, 0.15) is 40.0 Å². The first kappa shape index (κ1) is 12.7. The molecule has 2 heteroatoms. The molecule has 0 aromatic heterocycles. The third kappa shape index (κ3) is 5.83. The van der Waals surface area contributed by atoms with E-state index in [2.05, 4.69) is 0 Å². The molecule has 0 spiro atoms. The van der Waals surface area contributed by atoms with Gasteiger partial charge in [0.1, 0.15) is 0 Å². The first-order valence-corrected chi connectivity index (χ1v) is 5.16. The predicted molar refractivity (Wildman–Crippen MR) is 55.5 cm³/mol. The van der Waals surface area contributed by atoms with Gasteiger partial charge in [0, 0.05) is 5.92 Å². The van der Waals surface area contributed by atoms with Crippen molar-refractivity contribution in [2.45, 2.75) is 52.2 Å². The summed E-state index contributed by atoms with van der Waals surface area (Å²) < 4.78 is 0. The van der Waals surface area contributed by atoms with Gasteiger partial charge < -0.3 is 10.2 Å². The fraction of sp³-hybridized carbons (Fsp3) is 0.818. The fourth-order valence-electron chi connectivity index (χ4n) is 1.30. The second kappa shape index (κ2) is 7.10. The Hall–Kier alpha value is -0.340. The van der Waals surface area contributed by atoms with Crippen LogP contribution in [0.25, 0.3) is 0 Å². The Morgan fingerprint density at radius 2 is 1.77 bits per heavy atom. The molecule has 0 aliphatic heterocycles. The van der Waals surface area contributed by atoms with Gasteiger partial charge in [-0.15, -0.1) is 0 Å². The largest absolute Gasteiger partial charge is 0.393 e. The van der Waals surface area contributed by atoms with Crippen molar-refractivity contribution in [3.8, 4) is 0 Å². The van der Waals surface area contributed by atoms with Crippen molar-refractivity contribution in [2.75, 3.05) is 0 Å². The summed E-state index contributed by atoms with van der Waals surface area (Å²) in [5.74, 6) is 0.173. The zero-order valence-corrected chi connectivity index (χ0v) is 8.90. The first-order chi connectivity index (χ1) is 6.11. The Balaban J connectivity index is 3.91. The first-order valence-electron chi connectivity index (χ1n) is 5.16. The standard InChI is InChI=1S/C11H22O2/c1-4-6-11(13)8-7-10(5-2)9(3)12/h7-13H,4-6H2,1-3H3/b8-7+. The van der Waals surface area contributed by atoms with Crippen LogP contribution in [0.3, 0.4) is 0 Å². The highest BCUT2D eigenvalue weighted by molar-refractivity contribution is 4.94. The zero-order valence-electron chi connectivity index (χ0n) is 8.90. The van der Waals surface area contributed by atoms with Crippen LogP contribution in [-0.2, 0) is 0 Å². The second-order valence-electron chi connectivity index (χ2n) is 3.55. The van der Waals surface area contributed by atoms with Gasteiger partial charge in [0.2, 0.25) is 0 Å². The summed E-state index contributed by atoms with van der Waals surface area (Å²) >= 11 is 0. The molecule has 0 aromatic rings. The number of aliphatic hydroxyl groups excluding tert-OH is 2. The Bertz CT molecular complexity index is 141. The average molecular weight is 186 g/mol. The normalized spacial score (nSPS) is 18.8. The van der Waals surface area contributed by atoms with Gasteiger partial charge >= 0.3 is 0 Å². The van der Waals surface area contributed by atoms with Gasteiger partial charge in [-0.3, -0.25) is 0 Å². The highest BCUT2D eigenvalue weighted by atomic mass is 16.3. The van der Waals surface area contributed by atoms with Gasteiger partial charge in [-0.05, 0) is 19.8 Å². The number of aliphatic hydroxyl groups is 2. The van der Waals surface area contributed by atoms with E-state index in [1.165, 1.54) is 0 Å². The smallest absolute Gasteiger partial charge is 0.0720 e. The molecule has 2 N–H and O–H groups in total. The van der Waals surface area contributed by atoms with Gasteiger partial charge in [-0.25, -0.2) is 0 Å². The Morgan fingerprint density at radius 3 is 2.15 bits per heavy atom. The number of hydrogen-bond donors (Lipinski definition) is 2. The molecule has 0 rings (SSSR count). The van der Waals surface area contributed by atoms with E-state index in [1.54, 1.807) is 13.0 Å². The molecule has 0 saturated carbocycles. The van der Waals surface area contributed by atoms with E-state index in [4.69, 9.17) is 0 Å². The summed E-state index contributed by atoms with van der Waals surface area (Å²) in [4.78, 5) is 0. The fourth-order valence-corrected chi connectivity index (χ4v) is 1.30. The zero-order chi connectivity index (χ0) is 10.3. The number of rotatable bonds is 6. The maximum absolute atomic E-state index is 9.41. The quantitative estimate of drug-likeness (QED) is 0.624. The highest BCUT2D eigenvalue weighted by Gasteiger charge is 2.08. The van der Waals surface area contributed by atoms with Crippen molar-refractivity contribution in [3.63, 3.8) is 0 Å². The molecule has 0 amide bonds. The van der Waals surface area contributed by atoms with Crippen LogP contribution in [0, 0.1) is 5.92 Å². The maximum Gasteiger partial charge on any atom is 0.0720 e. The van der Waals surface area contributed by atoms with Crippen LogP contribution in [-0.4, -0.2) is 22.4 Å². The Kier molecular flexibility index (Phi) is 6.92. The van der Waals surface area contributed by atoms with E-state index in [9.17, 15) is 10.2 Å².